The summed E-state index contributed by atoms with van der Waals surface area (Å²) in [5.74, 6) is 0.204. The molecule has 3 N–H and O–H groups in total. The first kappa shape index (κ1) is 98.1. The molecule has 0 aromatic rings. The highest BCUT2D eigenvalue weighted by atomic mass is 31.2. The van der Waals surface area contributed by atoms with Crippen LogP contribution in [0.2, 0.25) is 0 Å². The predicted octanol–water partition coefficient (Wildman–Crippen LogP) is 24.1. The van der Waals surface area contributed by atoms with E-state index in [1.807, 2.05) is 0 Å². The smallest absolute Gasteiger partial charge is 0.462 e. The Morgan fingerprint density at radius 3 is 0.680 bits per heavy atom. The van der Waals surface area contributed by atoms with E-state index in [1.165, 1.54) is 225 Å². The normalized spacial score (nSPS) is 14.0. The van der Waals surface area contributed by atoms with E-state index >= 15 is 0 Å². The summed E-state index contributed by atoms with van der Waals surface area (Å²) in [7, 11) is -9.92. The minimum Gasteiger partial charge on any atom is -0.462 e. The van der Waals surface area contributed by atoms with Crippen molar-refractivity contribution in [2.24, 2.45) is 17.8 Å². The zero-order chi connectivity index (χ0) is 73.7. The van der Waals surface area contributed by atoms with Crippen LogP contribution in [0.1, 0.15) is 421 Å². The number of phosphoric ester groups is 2. The second-order valence-corrected chi connectivity index (χ2v) is 33.5. The van der Waals surface area contributed by atoms with Gasteiger partial charge in [-0.15, -0.1) is 0 Å². The Morgan fingerprint density at radius 1 is 0.270 bits per heavy atom. The number of carbonyl (C=O) groups excluding carboxylic acids is 4. The number of rotatable bonds is 79. The van der Waals surface area contributed by atoms with Gasteiger partial charge in [0.2, 0.25) is 0 Å². The van der Waals surface area contributed by atoms with Gasteiger partial charge in [-0.2, -0.15) is 0 Å². The molecule has 0 saturated carbocycles. The highest BCUT2D eigenvalue weighted by Gasteiger charge is 2.30. The van der Waals surface area contributed by atoms with Crippen molar-refractivity contribution < 1.29 is 80.2 Å². The highest BCUT2D eigenvalue weighted by molar-refractivity contribution is 7.47. The lowest BCUT2D eigenvalue weighted by Crippen LogP contribution is -2.30. The lowest BCUT2D eigenvalue weighted by atomic mass is 10.0. The second-order valence-electron chi connectivity index (χ2n) is 30.6. The van der Waals surface area contributed by atoms with Gasteiger partial charge in [-0.05, 0) is 43.4 Å². The number of hydrogen-bond acceptors (Lipinski definition) is 15. The molecule has 17 nitrogen and oxygen atoms in total. The quantitative estimate of drug-likeness (QED) is 0.0222. The van der Waals surface area contributed by atoms with Crippen molar-refractivity contribution in [1.82, 2.24) is 0 Å². The van der Waals surface area contributed by atoms with E-state index in [0.29, 0.717) is 31.6 Å². The summed E-state index contributed by atoms with van der Waals surface area (Å²) in [5.41, 5.74) is 0. The molecule has 2 unspecified atom stereocenters. The third kappa shape index (κ3) is 74.3. The molecule has 0 aromatic carbocycles. The third-order valence-corrected chi connectivity index (χ3v) is 20.8. The van der Waals surface area contributed by atoms with E-state index < -0.39 is 97.5 Å². The van der Waals surface area contributed by atoms with Crippen LogP contribution in [-0.4, -0.2) is 96.7 Å². The fourth-order valence-electron chi connectivity index (χ4n) is 12.5. The molecule has 5 atom stereocenters. The molecular weight excluding hydrogens is 1310 g/mol. The summed E-state index contributed by atoms with van der Waals surface area (Å²) < 4.78 is 68.7. The van der Waals surface area contributed by atoms with Crippen LogP contribution in [0.3, 0.4) is 0 Å². The summed E-state index contributed by atoms with van der Waals surface area (Å²) in [4.78, 5) is 73.0. The van der Waals surface area contributed by atoms with Crippen molar-refractivity contribution in [2.45, 2.75) is 439 Å². The Bertz CT molecular complexity index is 1940. The maximum absolute atomic E-state index is 13.1. The second kappa shape index (κ2) is 71.3. The van der Waals surface area contributed by atoms with Crippen molar-refractivity contribution in [2.75, 3.05) is 39.6 Å². The number of ether oxygens (including phenoxy) is 4. The molecule has 0 rings (SSSR count). The van der Waals surface area contributed by atoms with Crippen LogP contribution in [0.4, 0.5) is 0 Å². The Balaban J connectivity index is 5.24. The van der Waals surface area contributed by atoms with Gasteiger partial charge in [-0.25, -0.2) is 9.13 Å². The molecule has 0 bridgehead atoms. The fraction of sp³-hybridized carbons (Fsp3) is 0.951. The van der Waals surface area contributed by atoms with Crippen LogP contribution in [0.15, 0.2) is 0 Å². The highest BCUT2D eigenvalue weighted by Crippen LogP contribution is 2.45. The topological polar surface area (TPSA) is 237 Å². The Morgan fingerprint density at radius 2 is 0.460 bits per heavy atom. The van der Waals surface area contributed by atoms with Gasteiger partial charge in [0, 0.05) is 25.7 Å². The average Bonchev–Trinajstić information content (AvgIpc) is 0.913. The lowest BCUT2D eigenvalue weighted by molar-refractivity contribution is -0.161. The van der Waals surface area contributed by atoms with Gasteiger partial charge in [-0.3, -0.25) is 37.3 Å². The Hall–Kier alpha value is -1.94. The first-order chi connectivity index (χ1) is 48.2. The molecule has 19 heteroatoms. The lowest BCUT2D eigenvalue weighted by Gasteiger charge is -2.21. The van der Waals surface area contributed by atoms with Crippen molar-refractivity contribution in [3.63, 3.8) is 0 Å². The largest absolute Gasteiger partial charge is 0.472 e. The number of phosphoric acid groups is 2. The monoisotopic (exact) mass is 1470 g/mol. The van der Waals surface area contributed by atoms with Crippen LogP contribution in [-0.2, 0) is 65.4 Å². The van der Waals surface area contributed by atoms with Crippen molar-refractivity contribution in [3.8, 4) is 0 Å². The molecule has 0 radical (unpaired) electrons. The van der Waals surface area contributed by atoms with Gasteiger partial charge in [0.15, 0.2) is 12.2 Å². The summed E-state index contributed by atoms with van der Waals surface area (Å²) in [6.45, 7) is 11.9. The number of esters is 4. The fourth-order valence-corrected chi connectivity index (χ4v) is 14.1. The van der Waals surface area contributed by atoms with Gasteiger partial charge in [0.25, 0.3) is 0 Å². The molecule has 0 aliphatic carbocycles. The Labute approximate surface area is 613 Å². The summed E-state index contributed by atoms with van der Waals surface area (Å²) in [5, 5.41) is 10.6. The molecule has 594 valence electrons. The van der Waals surface area contributed by atoms with Crippen LogP contribution >= 0.6 is 15.6 Å². The minimum atomic E-state index is -4.96. The predicted molar refractivity (Wildman–Crippen MR) is 409 cm³/mol. The van der Waals surface area contributed by atoms with Gasteiger partial charge < -0.3 is 33.8 Å². The van der Waals surface area contributed by atoms with Gasteiger partial charge in [0.1, 0.15) is 19.3 Å². The SMILES string of the molecule is CCCCCCCCCCCCCCCCC(=O)O[C@H](COC(=O)CCCCCCCCCC(C)C)COP(=O)(O)OC[C@H](O)COP(=O)(O)OC[C@@H](COC(=O)CCCCCCCCCCCCCCCCCC(C)C)OC(=O)CCCCCCCCCCCCCCCCCC(C)C. The maximum atomic E-state index is 13.1. The molecule has 0 aliphatic rings. The Kier molecular flexibility index (Phi) is 69.9. The van der Waals surface area contributed by atoms with E-state index in [1.54, 1.807) is 0 Å². The zero-order valence-electron chi connectivity index (χ0n) is 65.7. The van der Waals surface area contributed by atoms with Crippen LogP contribution in [0, 0.1) is 17.8 Å². The van der Waals surface area contributed by atoms with Crippen LogP contribution in [0.25, 0.3) is 0 Å². The first-order valence-electron chi connectivity index (χ1n) is 41.8. The summed E-state index contributed by atoms with van der Waals surface area (Å²) in [6.07, 6.45) is 59.7. The zero-order valence-corrected chi connectivity index (χ0v) is 67.5. The van der Waals surface area contributed by atoms with Crippen molar-refractivity contribution in [3.05, 3.63) is 0 Å². The molecule has 0 spiro atoms. The molecule has 100 heavy (non-hydrogen) atoms. The summed E-state index contributed by atoms with van der Waals surface area (Å²) >= 11 is 0. The minimum absolute atomic E-state index is 0.107. The van der Waals surface area contributed by atoms with Crippen molar-refractivity contribution in [1.29, 1.82) is 0 Å². The van der Waals surface area contributed by atoms with E-state index in [2.05, 4.69) is 48.5 Å². The van der Waals surface area contributed by atoms with Gasteiger partial charge >= 0.3 is 39.5 Å². The van der Waals surface area contributed by atoms with E-state index in [9.17, 15) is 43.2 Å². The standard InChI is InChI=1S/C81H158O17P2/c1-8-9-10-11-12-13-14-15-24-30-35-42-50-57-64-81(86)98-77(69-92-79(84)63-56-49-44-37-40-47-54-61-74(6)7)71-96-100(89,90)94-67-75(82)66-93-99(87,88)95-70-76(97-80(85)65-58-51-43-36-31-26-21-17-19-23-28-33-39-46-53-60-73(4)5)68-91-78(83)62-55-48-41-34-29-25-20-16-18-22-27-32-38-45-52-59-72(2)3/h72-77,82H,8-71H2,1-7H3,(H,87,88)(H,89,90)/t75-,76-,77-/m1/s1. The van der Waals surface area contributed by atoms with E-state index in [-0.39, 0.29) is 25.7 Å². The molecular formula is C81H158O17P2. The number of carbonyl (C=O) groups is 4. The molecule has 0 saturated heterocycles. The third-order valence-electron chi connectivity index (χ3n) is 18.9. The van der Waals surface area contributed by atoms with Crippen LogP contribution in [0.5, 0.6) is 0 Å². The number of aliphatic hydroxyl groups is 1. The van der Waals surface area contributed by atoms with E-state index in [0.717, 1.165) is 108 Å². The molecule has 0 aromatic heterocycles. The molecule has 0 amide bonds. The van der Waals surface area contributed by atoms with Crippen molar-refractivity contribution >= 4 is 39.5 Å². The maximum Gasteiger partial charge on any atom is 0.472 e. The summed E-state index contributed by atoms with van der Waals surface area (Å²) in [6, 6.07) is 0. The molecule has 0 heterocycles. The van der Waals surface area contributed by atoms with E-state index in [4.69, 9.17) is 37.0 Å². The number of unbranched alkanes of at least 4 members (excludes halogenated alkanes) is 47. The average molecular weight is 1470 g/mol. The molecule has 0 aliphatic heterocycles. The number of hydrogen-bond donors (Lipinski definition) is 3. The van der Waals surface area contributed by atoms with Crippen LogP contribution < -0.4 is 0 Å². The first-order valence-corrected chi connectivity index (χ1v) is 44.8. The van der Waals surface area contributed by atoms with Gasteiger partial charge in [-0.1, -0.05) is 370 Å². The number of aliphatic hydroxyl groups excluding tert-OH is 1. The molecule has 0 fully saturated rings. The van der Waals surface area contributed by atoms with Gasteiger partial charge in [0.05, 0.1) is 26.4 Å².